The molecule has 126 valence electrons. The Kier molecular flexibility index (Phi) is 5.59. The molecule has 0 unspecified atom stereocenters. The summed E-state index contributed by atoms with van der Waals surface area (Å²) in [7, 11) is 3.07. The van der Waals surface area contributed by atoms with Gasteiger partial charge in [-0.05, 0) is 30.0 Å². The molecule has 2 aromatic rings. The molecule has 7 heteroatoms. The van der Waals surface area contributed by atoms with Crippen LogP contribution in [0.15, 0.2) is 29.7 Å². The molecule has 0 saturated carbocycles. The largest absolute Gasteiger partial charge is 0.493 e. The Morgan fingerprint density at radius 3 is 2.62 bits per heavy atom. The number of hydrogen-bond donors (Lipinski definition) is 2. The summed E-state index contributed by atoms with van der Waals surface area (Å²) in [6.07, 6.45) is 2.97. The van der Waals surface area contributed by atoms with Gasteiger partial charge in [-0.15, -0.1) is 11.3 Å². The maximum Gasteiger partial charge on any atom is 0.251 e. The van der Waals surface area contributed by atoms with Gasteiger partial charge in [-0.2, -0.15) is 0 Å². The maximum absolute atomic E-state index is 12.1. The third kappa shape index (κ3) is 3.75. The van der Waals surface area contributed by atoms with Crippen molar-refractivity contribution >= 4 is 34.2 Å². The van der Waals surface area contributed by atoms with Crippen molar-refractivity contribution in [3.05, 3.63) is 46.3 Å². The molecule has 1 aromatic heterocycles. The van der Waals surface area contributed by atoms with Gasteiger partial charge in [0.2, 0.25) is 5.91 Å². The van der Waals surface area contributed by atoms with Crippen molar-refractivity contribution in [2.45, 2.75) is 6.92 Å². The number of amides is 2. The highest BCUT2D eigenvalue weighted by atomic mass is 32.1. The molecule has 2 rings (SSSR count). The summed E-state index contributed by atoms with van der Waals surface area (Å²) in [5, 5.41) is 4.87. The lowest BCUT2D eigenvalue weighted by molar-refractivity contribution is -0.111. The number of methoxy groups -OCH3 is 2. The molecular formula is C17H18N2O4S. The number of benzene rings is 1. The topological polar surface area (TPSA) is 90.6 Å². The van der Waals surface area contributed by atoms with E-state index in [0.717, 1.165) is 5.56 Å². The molecule has 0 aliphatic rings. The van der Waals surface area contributed by atoms with Crippen LogP contribution < -0.4 is 20.5 Å². The predicted molar refractivity (Wildman–Crippen MR) is 94.8 cm³/mol. The molecule has 3 N–H and O–H groups in total. The molecule has 0 spiro atoms. The highest BCUT2D eigenvalue weighted by Crippen LogP contribution is 2.31. The van der Waals surface area contributed by atoms with E-state index >= 15 is 0 Å². The summed E-state index contributed by atoms with van der Waals surface area (Å²) in [5.41, 5.74) is 7.11. The third-order valence-corrected chi connectivity index (χ3v) is 4.32. The van der Waals surface area contributed by atoms with Crippen LogP contribution in [-0.4, -0.2) is 26.0 Å². The van der Waals surface area contributed by atoms with Gasteiger partial charge in [-0.1, -0.05) is 12.1 Å². The second-order valence-electron chi connectivity index (χ2n) is 4.89. The number of anilines is 1. The third-order valence-electron chi connectivity index (χ3n) is 3.31. The van der Waals surface area contributed by atoms with Gasteiger partial charge < -0.3 is 20.5 Å². The lowest BCUT2D eigenvalue weighted by Crippen LogP contribution is -2.16. The van der Waals surface area contributed by atoms with Gasteiger partial charge in [-0.25, -0.2) is 0 Å². The summed E-state index contributed by atoms with van der Waals surface area (Å²) in [5.74, 6) is 0.172. The lowest BCUT2D eigenvalue weighted by Gasteiger charge is -2.09. The van der Waals surface area contributed by atoms with E-state index in [2.05, 4.69) is 5.32 Å². The molecule has 24 heavy (non-hydrogen) atoms. The van der Waals surface area contributed by atoms with Gasteiger partial charge in [0.15, 0.2) is 11.5 Å². The van der Waals surface area contributed by atoms with Crippen LogP contribution in [0.2, 0.25) is 0 Å². The molecule has 0 saturated heterocycles. The molecular weight excluding hydrogens is 328 g/mol. The number of aryl methyl sites for hydroxylation is 1. The highest BCUT2D eigenvalue weighted by molar-refractivity contribution is 7.15. The van der Waals surface area contributed by atoms with Crippen LogP contribution in [0.3, 0.4) is 0 Å². The zero-order chi connectivity index (χ0) is 17.7. The van der Waals surface area contributed by atoms with Crippen LogP contribution in [0, 0.1) is 6.92 Å². The first-order valence-corrected chi connectivity index (χ1v) is 7.93. The number of ether oxygens (including phenoxy) is 2. The Morgan fingerprint density at radius 2 is 2.00 bits per heavy atom. The number of para-hydroxylation sites is 1. The van der Waals surface area contributed by atoms with Crippen molar-refractivity contribution < 1.29 is 19.1 Å². The Hall–Kier alpha value is -2.80. The van der Waals surface area contributed by atoms with Gasteiger partial charge in [0.05, 0.1) is 19.8 Å². The fraction of sp³-hybridized carbons (Fsp3) is 0.176. The Morgan fingerprint density at radius 1 is 1.25 bits per heavy atom. The number of hydrogen-bond acceptors (Lipinski definition) is 5. The van der Waals surface area contributed by atoms with Crippen LogP contribution in [0.4, 0.5) is 5.00 Å². The van der Waals surface area contributed by atoms with Gasteiger partial charge in [-0.3, -0.25) is 9.59 Å². The summed E-state index contributed by atoms with van der Waals surface area (Å²) >= 11 is 1.26. The quantitative estimate of drug-likeness (QED) is 0.787. The van der Waals surface area contributed by atoms with Gasteiger partial charge in [0.25, 0.3) is 5.91 Å². The van der Waals surface area contributed by atoms with E-state index < -0.39 is 5.91 Å². The fourth-order valence-electron chi connectivity index (χ4n) is 2.20. The minimum Gasteiger partial charge on any atom is -0.493 e. The first kappa shape index (κ1) is 17.6. The lowest BCUT2D eigenvalue weighted by atomic mass is 10.1. The van der Waals surface area contributed by atoms with Crippen molar-refractivity contribution in [2.24, 2.45) is 5.73 Å². The molecule has 0 aliphatic heterocycles. The van der Waals surface area contributed by atoms with E-state index in [4.69, 9.17) is 15.2 Å². The summed E-state index contributed by atoms with van der Waals surface area (Å²) in [4.78, 5) is 23.6. The summed E-state index contributed by atoms with van der Waals surface area (Å²) in [6.45, 7) is 1.77. The molecule has 6 nitrogen and oxygen atoms in total. The second kappa shape index (κ2) is 7.65. The molecule has 2 amide bonds. The van der Waals surface area contributed by atoms with Crippen molar-refractivity contribution in [1.29, 1.82) is 0 Å². The van der Waals surface area contributed by atoms with E-state index in [1.165, 1.54) is 24.5 Å². The van der Waals surface area contributed by atoms with E-state index in [1.807, 2.05) is 0 Å². The standard InChI is InChI=1S/C17H18N2O4S/c1-10-9-24-17(14(10)16(18)21)19-13(20)8-7-11-5-4-6-12(22-2)15(11)23-3/h4-9H,1-3H3,(H2,18,21)(H,19,20). The Labute approximate surface area is 143 Å². The van der Waals surface area contributed by atoms with Crippen molar-refractivity contribution in [2.75, 3.05) is 19.5 Å². The molecule has 1 aromatic carbocycles. The predicted octanol–water partition coefficient (Wildman–Crippen LogP) is 2.82. The second-order valence-corrected chi connectivity index (χ2v) is 5.77. The van der Waals surface area contributed by atoms with Crippen molar-refractivity contribution in [1.82, 2.24) is 0 Å². The molecule has 0 bridgehead atoms. The molecule has 1 heterocycles. The zero-order valence-electron chi connectivity index (χ0n) is 13.6. The van der Waals surface area contributed by atoms with E-state index in [0.29, 0.717) is 27.6 Å². The van der Waals surface area contributed by atoms with E-state index in [-0.39, 0.29) is 5.91 Å². The monoisotopic (exact) mass is 346 g/mol. The SMILES string of the molecule is COc1cccc(C=CC(=O)Nc2scc(C)c2C(N)=O)c1OC. The van der Waals surface area contributed by atoms with Crippen LogP contribution in [-0.2, 0) is 4.79 Å². The van der Waals surface area contributed by atoms with Crippen LogP contribution in [0.5, 0.6) is 11.5 Å². The zero-order valence-corrected chi connectivity index (χ0v) is 14.4. The van der Waals surface area contributed by atoms with Crippen LogP contribution in [0.1, 0.15) is 21.5 Å². The minimum absolute atomic E-state index is 0.334. The van der Waals surface area contributed by atoms with Crippen LogP contribution in [0.25, 0.3) is 6.08 Å². The smallest absolute Gasteiger partial charge is 0.251 e. The van der Waals surface area contributed by atoms with E-state index in [9.17, 15) is 9.59 Å². The normalized spacial score (nSPS) is 10.6. The Bertz CT molecular complexity index is 796. The van der Waals surface area contributed by atoms with Gasteiger partial charge in [0.1, 0.15) is 5.00 Å². The molecule has 0 radical (unpaired) electrons. The number of carbonyl (C=O) groups excluding carboxylic acids is 2. The fourth-order valence-corrected chi connectivity index (χ4v) is 3.16. The molecule has 0 atom stereocenters. The van der Waals surface area contributed by atoms with E-state index in [1.54, 1.807) is 43.7 Å². The average molecular weight is 346 g/mol. The van der Waals surface area contributed by atoms with Crippen molar-refractivity contribution in [3.63, 3.8) is 0 Å². The van der Waals surface area contributed by atoms with Crippen molar-refractivity contribution in [3.8, 4) is 11.5 Å². The number of nitrogens with one attached hydrogen (secondary N) is 1. The number of carbonyl (C=O) groups is 2. The van der Waals surface area contributed by atoms with Crippen LogP contribution >= 0.6 is 11.3 Å². The van der Waals surface area contributed by atoms with Gasteiger partial charge in [0, 0.05) is 11.6 Å². The minimum atomic E-state index is -0.567. The summed E-state index contributed by atoms with van der Waals surface area (Å²) < 4.78 is 10.5. The Balaban J connectivity index is 2.19. The molecule has 0 aliphatic carbocycles. The highest BCUT2D eigenvalue weighted by Gasteiger charge is 2.15. The number of nitrogens with two attached hydrogens (primary N) is 1. The molecule has 0 fully saturated rings. The first-order chi connectivity index (χ1) is 11.5. The average Bonchev–Trinajstić information content (AvgIpc) is 2.92. The first-order valence-electron chi connectivity index (χ1n) is 7.05. The summed E-state index contributed by atoms with van der Waals surface area (Å²) in [6, 6.07) is 5.37. The number of primary amides is 1. The van der Waals surface area contributed by atoms with Gasteiger partial charge >= 0.3 is 0 Å². The number of rotatable bonds is 6. The maximum atomic E-state index is 12.1. The number of thiophene rings is 1.